The second-order valence-electron chi connectivity index (χ2n) is 6.40. The number of hydrogen-bond donors (Lipinski definition) is 1. The van der Waals surface area contributed by atoms with Crippen LogP contribution in [-0.2, 0) is 16.0 Å². The molecule has 0 amide bonds. The lowest BCUT2D eigenvalue weighted by atomic mass is 9.84. The molecule has 0 aliphatic heterocycles. The van der Waals surface area contributed by atoms with Crippen LogP contribution in [0.1, 0.15) is 56.3 Å². The number of benzene rings is 1. The Labute approximate surface area is 120 Å². The number of carbonyl (C=O) groups is 1. The van der Waals surface area contributed by atoms with Gasteiger partial charge in [0.1, 0.15) is 6.10 Å². The molecular formula is C17H23NO2. The highest BCUT2D eigenvalue weighted by Gasteiger charge is 2.45. The van der Waals surface area contributed by atoms with Crippen molar-refractivity contribution in [1.29, 1.82) is 0 Å². The van der Waals surface area contributed by atoms with E-state index in [0.717, 1.165) is 38.5 Å². The molecule has 2 aliphatic rings. The Morgan fingerprint density at radius 1 is 1.30 bits per heavy atom. The van der Waals surface area contributed by atoms with E-state index >= 15 is 0 Å². The second-order valence-corrected chi connectivity index (χ2v) is 6.40. The lowest BCUT2D eigenvalue weighted by molar-refractivity contribution is -0.162. The van der Waals surface area contributed by atoms with Gasteiger partial charge in [0.05, 0.1) is 5.41 Å². The molecule has 0 heterocycles. The summed E-state index contributed by atoms with van der Waals surface area (Å²) in [4.78, 5) is 12.6. The highest BCUT2D eigenvalue weighted by atomic mass is 16.5. The first-order valence-corrected chi connectivity index (χ1v) is 7.66. The molecule has 0 aromatic heterocycles. The Balaban J connectivity index is 1.77. The molecule has 1 fully saturated rings. The third-order valence-corrected chi connectivity index (χ3v) is 5.06. The van der Waals surface area contributed by atoms with Gasteiger partial charge in [-0.15, -0.1) is 0 Å². The van der Waals surface area contributed by atoms with E-state index in [2.05, 4.69) is 18.2 Å². The molecule has 108 valence electrons. The van der Waals surface area contributed by atoms with Crippen LogP contribution in [0, 0.1) is 5.41 Å². The molecule has 3 atom stereocenters. The van der Waals surface area contributed by atoms with Crippen molar-refractivity contribution in [2.45, 2.75) is 57.6 Å². The van der Waals surface area contributed by atoms with Crippen LogP contribution >= 0.6 is 0 Å². The van der Waals surface area contributed by atoms with Crippen LogP contribution in [0.25, 0.3) is 0 Å². The summed E-state index contributed by atoms with van der Waals surface area (Å²) in [5.41, 5.74) is 8.12. The zero-order chi connectivity index (χ0) is 14.2. The quantitative estimate of drug-likeness (QED) is 0.842. The Morgan fingerprint density at radius 3 is 2.85 bits per heavy atom. The SMILES string of the molecule is CC1(C(=O)OC2CCCc3ccccc32)CCCC1N. The highest BCUT2D eigenvalue weighted by Crippen LogP contribution is 2.41. The maximum absolute atomic E-state index is 12.6. The van der Waals surface area contributed by atoms with Gasteiger partial charge in [0.25, 0.3) is 0 Å². The third kappa shape index (κ3) is 2.24. The maximum atomic E-state index is 12.6. The van der Waals surface area contributed by atoms with Gasteiger partial charge in [0.2, 0.25) is 0 Å². The molecule has 1 aromatic carbocycles. The second kappa shape index (κ2) is 5.21. The van der Waals surface area contributed by atoms with Crippen molar-refractivity contribution in [3.63, 3.8) is 0 Å². The average molecular weight is 273 g/mol. The molecule has 2 aliphatic carbocycles. The van der Waals surface area contributed by atoms with Crippen LogP contribution in [0.3, 0.4) is 0 Å². The van der Waals surface area contributed by atoms with Crippen molar-refractivity contribution in [3.05, 3.63) is 35.4 Å². The summed E-state index contributed by atoms with van der Waals surface area (Å²) in [5.74, 6) is -0.107. The van der Waals surface area contributed by atoms with E-state index in [1.807, 2.05) is 13.0 Å². The Kier molecular flexibility index (Phi) is 3.55. The molecule has 1 aromatic rings. The van der Waals surface area contributed by atoms with Crippen LogP contribution < -0.4 is 5.73 Å². The van der Waals surface area contributed by atoms with Crippen LogP contribution in [0.2, 0.25) is 0 Å². The fourth-order valence-corrected chi connectivity index (χ4v) is 3.54. The molecule has 0 radical (unpaired) electrons. The molecule has 3 nitrogen and oxygen atoms in total. The normalized spacial score (nSPS) is 32.7. The fraction of sp³-hybridized carbons (Fsp3) is 0.588. The van der Waals surface area contributed by atoms with Gasteiger partial charge in [-0.3, -0.25) is 4.79 Å². The largest absolute Gasteiger partial charge is 0.457 e. The Morgan fingerprint density at radius 2 is 2.10 bits per heavy atom. The van der Waals surface area contributed by atoms with E-state index in [4.69, 9.17) is 10.5 Å². The first-order chi connectivity index (χ1) is 9.61. The summed E-state index contributed by atoms with van der Waals surface area (Å²) < 4.78 is 5.86. The molecule has 3 unspecified atom stereocenters. The van der Waals surface area contributed by atoms with E-state index in [-0.39, 0.29) is 18.1 Å². The van der Waals surface area contributed by atoms with Crippen LogP contribution in [0.4, 0.5) is 0 Å². The Bertz CT molecular complexity index is 513. The molecule has 20 heavy (non-hydrogen) atoms. The number of rotatable bonds is 2. The van der Waals surface area contributed by atoms with Crippen LogP contribution in [0.5, 0.6) is 0 Å². The maximum Gasteiger partial charge on any atom is 0.313 e. The zero-order valence-corrected chi connectivity index (χ0v) is 12.1. The highest BCUT2D eigenvalue weighted by molar-refractivity contribution is 5.78. The molecule has 3 rings (SSSR count). The lowest BCUT2D eigenvalue weighted by Gasteiger charge is -2.31. The summed E-state index contributed by atoms with van der Waals surface area (Å²) in [5, 5.41) is 0. The summed E-state index contributed by atoms with van der Waals surface area (Å²) >= 11 is 0. The smallest absolute Gasteiger partial charge is 0.313 e. The van der Waals surface area contributed by atoms with Crippen molar-refractivity contribution >= 4 is 5.97 Å². The number of ether oxygens (including phenoxy) is 1. The van der Waals surface area contributed by atoms with Gasteiger partial charge >= 0.3 is 5.97 Å². The van der Waals surface area contributed by atoms with Crippen molar-refractivity contribution < 1.29 is 9.53 Å². The van der Waals surface area contributed by atoms with Gasteiger partial charge in [-0.25, -0.2) is 0 Å². The molecular weight excluding hydrogens is 250 g/mol. The average Bonchev–Trinajstić information content (AvgIpc) is 2.80. The minimum Gasteiger partial charge on any atom is -0.457 e. The van der Waals surface area contributed by atoms with Crippen LogP contribution in [0.15, 0.2) is 24.3 Å². The van der Waals surface area contributed by atoms with Gasteiger partial charge in [-0.1, -0.05) is 30.7 Å². The number of esters is 1. The molecule has 0 spiro atoms. The zero-order valence-electron chi connectivity index (χ0n) is 12.1. The Hall–Kier alpha value is -1.35. The summed E-state index contributed by atoms with van der Waals surface area (Å²) in [6, 6.07) is 8.24. The van der Waals surface area contributed by atoms with Crippen molar-refractivity contribution in [3.8, 4) is 0 Å². The van der Waals surface area contributed by atoms with Crippen molar-refractivity contribution in [2.75, 3.05) is 0 Å². The van der Waals surface area contributed by atoms with E-state index in [1.54, 1.807) is 0 Å². The number of fused-ring (bicyclic) bond motifs is 1. The molecule has 1 saturated carbocycles. The number of nitrogens with two attached hydrogens (primary N) is 1. The van der Waals surface area contributed by atoms with E-state index < -0.39 is 5.41 Å². The van der Waals surface area contributed by atoms with E-state index in [9.17, 15) is 4.79 Å². The predicted octanol–water partition coefficient (Wildman–Crippen LogP) is 3.12. The summed E-state index contributed by atoms with van der Waals surface area (Å²) in [6.07, 6.45) is 5.80. The number of hydrogen-bond acceptors (Lipinski definition) is 3. The minimum absolute atomic E-state index is 0.0613. The van der Waals surface area contributed by atoms with Crippen LogP contribution in [-0.4, -0.2) is 12.0 Å². The summed E-state index contributed by atoms with van der Waals surface area (Å²) in [7, 11) is 0. The van der Waals surface area contributed by atoms with Gasteiger partial charge in [0.15, 0.2) is 0 Å². The molecule has 2 N–H and O–H groups in total. The third-order valence-electron chi connectivity index (χ3n) is 5.06. The first-order valence-electron chi connectivity index (χ1n) is 7.66. The minimum atomic E-state index is -0.494. The standard InChI is InChI=1S/C17H23NO2/c1-17(11-5-10-15(17)18)16(19)20-14-9-4-7-12-6-2-3-8-13(12)14/h2-3,6,8,14-15H,4-5,7,9-11,18H2,1H3. The lowest BCUT2D eigenvalue weighted by Crippen LogP contribution is -2.42. The van der Waals surface area contributed by atoms with E-state index in [1.165, 1.54) is 11.1 Å². The van der Waals surface area contributed by atoms with Gasteiger partial charge < -0.3 is 10.5 Å². The monoisotopic (exact) mass is 273 g/mol. The molecule has 0 bridgehead atoms. The fourth-order valence-electron chi connectivity index (χ4n) is 3.54. The van der Waals surface area contributed by atoms with Gasteiger partial charge in [-0.05, 0) is 50.2 Å². The molecule has 3 heteroatoms. The summed E-state index contributed by atoms with van der Waals surface area (Å²) in [6.45, 7) is 1.96. The van der Waals surface area contributed by atoms with Crippen molar-refractivity contribution in [2.24, 2.45) is 11.1 Å². The topological polar surface area (TPSA) is 52.3 Å². The van der Waals surface area contributed by atoms with E-state index in [0.29, 0.717) is 0 Å². The first kappa shape index (κ1) is 13.6. The van der Waals surface area contributed by atoms with Crippen molar-refractivity contribution in [1.82, 2.24) is 0 Å². The predicted molar refractivity (Wildman–Crippen MR) is 78.1 cm³/mol. The molecule has 0 saturated heterocycles. The number of carbonyl (C=O) groups excluding carboxylic acids is 1. The number of aryl methyl sites for hydroxylation is 1. The van der Waals surface area contributed by atoms with Gasteiger partial charge in [-0.2, -0.15) is 0 Å². The van der Waals surface area contributed by atoms with Gasteiger partial charge in [0, 0.05) is 6.04 Å².